The van der Waals surface area contributed by atoms with E-state index >= 15 is 0 Å². The lowest BCUT2D eigenvalue weighted by Crippen LogP contribution is -2.28. The number of ether oxygens (including phenoxy) is 1. The molecule has 1 aliphatic heterocycles. The summed E-state index contributed by atoms with van der Waals surface area (Å²) in [7, 11) is 0. The first-order chi connectivity index (χ1) is 10.1. The number of hydrogen-bond acceptors (Lipinski definition) is 1. The van der Waals surface area contributed by atoms with Crippen LogP contribution in [0.2, 0.25) is 0 Å². The number of unbranched alkanes of at least 4 members (excludes halogenated alkanes) is 2. The van der Waals surface area contributed by atoms with Crippen LogP contribution >= 0.6 is 0 Å². The maximum atomic E-state index is 6.44. The Balaban J connectivity index is 2.73. The Morgan fingerprint density at radius 3 is 2.43 bits per heavy atom. The standard InChI is InChI=1S/C20H36O/c1-6-9-13-18-16-20(8-3,15-11-12-17(4)5)19(21-18)14-10-7-2/h8,12,18-19H,3,6-7,9-11,13-16H2,1-2,4-5H3. The average molecular weight is 293 g/mol. The molecule has 3 unspecified atom stereocenters. The van der Waals surface area contributed by atoms with Gasteiger partial charge in [0.2, 0.25) is 0 Å². The second-order valence-corrected chi connectivity index (χ2v) is 6.99. The molecule has 0 N–H and O–H groups in total. The minimum absolute atomic E-state index is 0.208. The van der Waals surface area contributed by atoms with E-state index in [1.54, 1.807) is 0 Å². The quantitative estimate of drug-likeness (QED) is 0.421. The highest BCUT2D eigenvalue weighted by atomic mass is 16.5. The summed E-state index contributed by atoms with van der Waals surface area (Å²) in [6, 6.07) is 0. The van der Waals surface area contributed by atoms with E-state index < -0.39 is 0 Å². The Kier molecular flexibility index (Phi) is 8.33. The van der Waals surface area contributed by atoms with E-state index in [1.165, 1.54) is 56.9 Å². The largest absolute Gasteiger partial charge is 0.374 e. The van der Waals surface area contributed by atoms with Gasteiger partial charge in [-0.3, -0.25) is 0 Å². The second-order valence-electron chi connectivity index (χ2n) is 6.99. The average Bonchev–Trinajstić information content (AvgIpc) is 2.81. The van der Waals surface area contributed by atoms with Gasteiger partial charge in [0.05, 0.1) is 12.2 Å². The summed E-state index contributed by atoms with van der Waals surface area (Å²) in [5.41, 5.74) is 1.63. The van der Waals surface area contributed by atoms with Crippen LogP contribution < -0.4 is 0 Å². The fourth-order valence-electron chi connectivity index (χ4n) is 3.53. The molecule has 1 saturated heterocycles. The third kappa shape index (κ3) is 5.62. The normalized spacial score (nSPS) is 28.6. The van der Waals surface area contributed by atoms with Crippen molar-refractivity contribution in [3.8, 4) is 0 Å². The van der Waals surface area contributed by atoms with E-state index in [4.69, 9.17) is 4.74 Å². The molecule has 0 saturated carbocycles. The molecule has 0 amide bonds. The molecule has 0 spiro atoms. The third-order valence-electron chi connectivity index (χ3n) is 4.87. The smallest absolute Gasteiger partial charge is 0.0670 e. The zero-order chi connectivity index (χ0) is 15.7. The number of rotatable bonds is 10. The molecular formula is C20H36O. The van der Waals surface area contributed by atoms with Crippen molar-refractivity contribution >= 4 is 0 Å². The van der Waals surface area contributed by atoms with Gasteiger partial charge >= 0.3 is 0 Å². The molecule has 0 aromatic heterocycles. The third-order valence-corrected chi connectivity index (χ3v) is 4.87. The predicted molar refractivity (Wildman–Crippen MR) is 93.6 cm³/mol. The summed E-state index contributed by atoms with van der Waals surface area (Å²) in [6.07, 6.45) is 16.4. The Labute approximate surface area is 132 Å². The monoisotopic (exact) mass is 292 g/mol. The molecule has 0 radical (unpaired) electrons. The molecule has 1 heteroatoms. The summed E-state index contributed by atoms with van der Waals surface area (Å²) in [5, 5.41) is 0. The molecule has 3 atom stereocenters. The fraction of sp³-hybridized carbons (Fsp3) is 0.800. The van der Waals surface area contributed by atoms with Gasteiger partial charge in [0.15, 0.2) is 0 Å². The van der Waals surface area contributed by atoms with Crippen molar-refractivity contribution < 1.29 is 4.74 Å². The molecule has 0 aliphatic carbocycles. The molecule has 1 aliphatic rings. The zero-order valence-corrected chi connectivity index (χ0v) is 14.8. The lowest BCUT2D eigenvalue weighted by Gasteiger charge is -2.30. The van der Waals surface area contributed by atoms with E-state index in [-0.39, 0.29) is 5.41 Å². The summed E-state index contributed by atoms with van der Waals surface area (Å²) < 4.78 is 6.44. The van der Waals surface area contributed by atoms with Gasteiger partial charge in [-0.2, -0.15) is 0 Å². The van der Waals surface area contributed by atoms with Crippen LogP contribution in [0, 0.1) is 5.41 Å². The molecular weight excluding hydrogens is 256 g/mol. The van der Waals surface area contributed by atoms with E-state index in [0.29, 0.717) is 12.2 Å². The van der Waals surface area contributed by atoms with Crippen LogP contribution in [-0.2, 0) is 4.74 Å². The van der Waals surface area contributed by atoms with E-state index in [0.717, 1.165) is 6.42 Å². The van der Waals surface area contributed by atoms with Gasteiger partial charge in [0.1, 0.15) is 0 Å². The van der Waals surface area contributed by atoms with Crippen molar-refractivity contribution in [3.05, 3.63) is 24.3 Å². The zero-order valence-electron chi connectivity index (χ0n) is 14.8. The first-order valence-electron chi connectivity index (χ1n) is 9.00. The Morgan fingerprint density at radius 1 is 1.19 bits per heavy atom. The fourth-order valence-corrected chi connectivity index (χ4v) is 3.53. The van der Waals surface area contributed by atoms with Crippen LogP contribution in [0.4, 0.5) is 0 Å². The minimum Gasteiger partial charge on any atom is -0.374 e. The van der Waals surface area contributed by atoms with Crippen LogP contribution in [0.15, 0.2) is 24.3 Å². The summed E-state index contributed by atoms with van der Waals surface area (Å²) in [4.78, 5) is 0. The highest BCUT2D eigenvalue weighted by molar-refractivity contribution is 5.07. The molecule has 1 heterocycles. The Bertz CT molecular complexity index is 327. The van der Waals surface area contributed by atoms with Crippen LogP contribution in [0.1, 0.15) is 85.5 Å². The molecule has 21 heavy (non-hydrogen) atoms. The van der Waals surface area contributed by atoms with Gasteiger partial charge < -0.3 is 4.74 Å². The first-order valence-corrected chi connectivity index (χ1v) is 9.00. The highest BCUT2D eigenvalue weighted by Gasteiger charge is 2.44. The van der Waals surface area contributed by atoms with Crippen LogP contribution in [0.3, 0.4) is 0 Å². The molecule has 1 nitrogen and oxygen atoms in total. The van der Waals surface area contributed by atoms with Crippen LogP contribution in [0.5, 0.6) is 0 Å². The van der Waals surface area contributed by atoms with Crippen molar-refractivity contribution in [1.29, 1.82) is 0 Å². The maximum absolute atomic E-state index is 6.44. The number of hydrogen-bond donors (Lipinski definition) is 0. The minimum atomic E-state index is 0.208. The Morgan fingerprint density at radius 2 is 1.86 bits per heavy atom. The van der Waals surface area contributed by atoms with Crippen molar-refractivity contribution in [2.45, 2.75) is 97.7 Å². The van der Waals surface area contributed by atoms with Crippen molar-refractivity contribution in [1.82, 2.24) is 0 Å². The van der Waals surface area contributed by atoms with Gasteiger partial charge in [-0.15, -0.1) is 6.58 Å². The SMILES string of the molecule is C=CC1(CCC=C(C)C)CC(CCCC)OC1CCCC. The highest BCUT2D eigenvalue weighted by Crippen LogP contribution is 2.46. The van der Waals surface area contributed by atoms with Crippen LogP contribution in [-0.4, -0.2) is 12.2 Å². The maximum Gasteiger partial charge on any atom is 0.0670 e. The van der Waals surface area contributed by atoms with E-state index in [9.17, 15) is 0 Å². The summed E-state index contributed by atoms with van der Waals surface area (Å²) in [6.45, 7) is 13.1. The molecule has 122 valence electrons. The van der Waals surface area contributed by atoms with Gasteiger partial charge in [-0.05, 0) is 46.0 Å². The molecule has 0 aromatic carbocycles. The lowest BCUT2D eigenvalue weighted by molar-refractivity contribution is 0.0103. The molecule has 0 aromatic rings. The van der Waals surface area contributed by atoms with Crippen molar-refractivity contribution in [2.75, 3.05) is 0 Å². The van der Waals surface area contributed by atoms with E-state index in [1.807, 2.05) is 0 Å². The summed E-state index contributed by atoms with van der Waals surface area (Å²) in [5.74, 6) is 0. The van der Waals surface area contributed by atoms with Crippen LogP contribution in [0.25, 0.3) is 0 Å². The lowest BCUT2D eigenvalue weighted by atomic mass is 9.74. The number of allylic oxidation sites excluding steroid dienone is 2. The van der Waals surface area contributed by atoms with Gasteiger partial charge in [-0.25, -0.2) is 0 Å². The molecule has 1 rings (SSSR count). The summed E-state index contributed by atoms with van der Waals surface area (Å²) >= 11 is 0. The molecule has 1 fully saturated rings. The first kappa shape index (κ1) is 18.5. The van der Waals surface area contributed by atoms with Gasteiger partial charge in [0, 0.05) is 5.41 Å². The topological polar surface area (TPSA) is 9.23 Å². The Hall–Kier alpha value is -0.560. The van der Waals surface area contributed by atoms with E-state index in [2.05, 4.69) is 46.4 Å². The van der Waals surface area contributed by atoms with Gasteiger partial charge in [-0.1, -0.05) is 57.3 Å². The van der Waals surface area contributed by atoms with Crippen molar-refractivity contribution in [3.63, 3.8) is 0 Å². The molecule has 0 bridgehead atoms. The predicted octanol–water partition coefficient (Wildman–Crippen LogP) is 6.44. The van der Waals surface area contributed by atoms with Crippen molar-refractivity contribution in [2.24, 2.45) is 5.41 Å². The van der Waals surface area contributed by atoms with Gasteiger partial charge in [0.25, 0.3) is 0 Å². The second kappa shape index (κ2) is 9.46.